The average molecular weight is 456 g/mol. The minimum absolute atomic E-state index is 0.0883. The minimum atomic E-state index is -1.15. The second kappa shape index (κ2) is 13.5. The number of guanidine groups is 1. The Bertz CT molecular complexity index is 690. The van der Waals surface area contributed by atoms with Crippen LogP contribution in [0.3, 0.4) is 0 Å². The van der Waals surface area contributed by atoms with Crippen LogP contribution in [0.5, 0.6) is 0 Å². The monoisotopic (exact) mass is 455 g/mol. The molecule has 5 unspecified atom stereocenters. The number of hydrogen-bond donors (Lipinski definition) is 7. The first kappa shape index (κ1) is 27.1. The number of nitrogens with two attached hydrogens (primary N) is 2. The molecular formula is C20H37N7O5. The molecule has 0 aromatic heterocycles. The Labute approximate surface area is 188 Å². The van der Waals surface area contributed by atoms with Crippen molar-refractivity contribution in [3.8, 4) is 0 Å². The number of carbonyl (C=O) groups is 4. The third-order valence-corrected chi connectivity index (χ3v) is 5.48. The predicted octanol–water partition coefficient (Wildman–Crippen LogP) is -1.60. The third kappa shape index (κ3) is 9.08. The van der Waals surface area contributed by atoms with Crippen molar-refractivity contribution in [3.05, 3.63) is 0 Å². The van der Waals surface area contributed by atoms with Gasteiger partial charge in [0, 0.05) is 6.54 Å². The number of amides is 3. The molecule has 0 spiro atoms. The fraction of sp³-hybridized carbons (Fsp3) is 0.750. The number of rotatable bonds is 13. The minimum Gasteiger partial charge on any atom is -0.480 e. The number of nitrogens with one attached hydrogen (secondary N) is 4. The van der Waals surface area contributed by atoms with E-state index in [9.17, 15) is 24.3 Å². The summed E-state index contributed by atoms with van der Waals surface area (Å²) >= 11 is 0. The maximum absolute atomic E-state index is 12.8. The summed E-state index contributed by atoms with van der Waals surface area (Å²) in [6.07, 6.45) is 2.70. The fourth-order valence-electron chi connectivity index (χ4n) is 3.29. The van der Waals surface area contributed by atoms with Gasteiger partial charge in [0.15, 0.2) is 5.96 Å². The number of carboxylic acids is 1. The SMILES string of the molecule is CCC(C)C(NC(=O)C(CCCN=C(N)N)NC(=O)C(C)NC(=O)C1CCCN1)C(=O)O. The normalized spacial score (nSPS) is 19.2. The number of hydrogen-bond acceptors (Lipinski definition) is 6. The Kier molecular flexibility index (Phi) is 11.5. The molecule has 1 rings (SSSR count). The number of carboxylic acid groups (broad SMARTS) is 1. The Morgan fingerprint density at radius 2 is 1.81 bits per heavy atom. The lowest BCUT2D eigenvalue weighted by molar-refractivity contribution is -0.143. The van der Waals surface area contributed by atoms with E-state index in [0.29, 0.717) is 19.3 Å². The lowest BCUT2D eigenvalue weighted by Gasteiger charge is -2.25. The molecule has 9 N–H and O–H groups in total. The molecule has 0 radical (unpaired) electrons. The van der Waals surface area contributed by atoms with Crippen LogP contribution in [0.1, 0.15) is 52.9 Å². The van der Waals surface area contributed by atoms with Gasteiger partial charge in [-0.05, 0) is 45.1 Å². The third-order valence-electron chi connectivity index (χ3n) is 5.48. The number of aliphatic imine (C=N–C) groups is 1. The second-order valence-corrected chi connectivity index (χ2v) is 8.10. The average Bonchev–Trinajstić information content (AvgIpc) is 3.27. The van der Waals surface area contributed by atoms with Crippen molar-refractivity contribution in [2.75, 3.05) is 13.1 Å². The summed E-state index contributed by atoms with van der Waals surface area (Å²) in [7, 11) is 0. The van der Waals surface area contributed by atoms with E-state index in [1.54, 1.807) is 6.92 Å². The van der Waals surface area contributed by atoms with Crippen molar-refractivity contribution in [3.63, 3.8) is 0 Å². The maximum Gasteiger partial charge on any atom is 0.326 e. The van der Waals surface area contributed by atoms with E-state index < -0.39 is 35.9 Å². The van der Waals surface area contributed by atoms with Gasteiger partial charge in [-0.15, -0.1) is 0 Å². The highest BCUT2D eigenvalue weighted by molar-refractivity contribution is 5.94. The Morgan fingerprint density at radius 3 is 2.34 bits per heavy atom. The predicted molar refractivity (Wildman–Crippen MR) is 119 cm³/mol. The van der Waals surface area contributed by atoms with Crippen molar-refractivity contribution in [1.29, 1.82) is 0 Å². The highest BCUT2D eigenvalue weighted by Crippen LogP contribution is 2.10. The van der Waals surface area contributed by atoms with Crippen LogP contribution >= 0.6 is 0 Å². The van der Waals surface area contributed by atoms with Gasteiger partial charge in [0.05, 0.1) is 6.04 Å². The summed E-state index contributed by atoms with van der Waals surface area (Å²) in [5.41, 5.74) is 10.6. The van der Waals surface area contributed by atoms with E-state index >= 15 is 0 Å². The summed E-state index contributed by atoms with van der Waals surface area (Å²) in [6, 6.07) is -3.31. The van der Waals surface area contributed by atoms with Gasteiger partial charge in [0.1, 0.15) is 18.1 Å². The van der Waals surface area contributed by atoms with E-state index in [4.69, 9.17) is 11.5 Å². The van der Waals surface area contributed by atoms with Crippen molar-refractivity contribution in [1.82, 2.24) is 21.3 Å². The first-order valence-electron chi connectivity index (χ1n) is 11.0. The highest BCUT2D eigenvalue weighted by atomic mass is 16.4. The Hall–Kier alpha value is -2.89. The molecule has 5 atom stereocenters. The second-order valence-electron chi connectivity index (χ2n) is 8.10. The lowest BCUT2D eigenvalue weighted by Crippen LogP contribution is -2.57. The van der Waals surface area contributed by atoms with Gasteiger partial charge in [-0.3, -0.25) is 19.4 Å². The van der Waals surface area contributed by atoms with Gasteiger partial charge in [0.25, 0.3) is 0 Å². The number of carbonyl (C=O) groups excluding carboxylic acids is 3. The van der Waals surface area contributed by atoms with E-state index in [2.05, 4.69) is 26.3 Å². The van der Waals surface area contributed by atoms with Crippen molar-refractivity contribution in [2.45, 2.75) is 77.0 Å². The van der Waals surface area contributed by atoms with Gasteiger partial charge in [-0.25, -0.2) is 4.79 Å². The molecule has 32 heavy (non-hydrogen) atoms. The van der Waals surface area contributed by atoms with Crippen LogP contribution in [0.4, 0.5) is 0 Å². The van der Waals surface area contributed by atoms with Crippen LogP contribution in [-0.2, 0) is 19.2 Å². The summed E-state index contributed by atoms with van der Waals surface area (Å²) < 4.78 is 0. The lowest BCUT2D eigenvalue weighted by atomic mass is 9.98. The zero-order valence-electron chi connectivity index (χ0n) is 19.0. The largest absolute Gasteiger partial charge is 0.480 e. The molecule has 1 saturated heterocycles. The molecule has 0 aliphatic carbocycles. The Morgan fingerprint density at radius 1 is 1.12 bits per heavy atom. The molecule has 0 bridgehead atoms. The van der Waals surface area contributed by atoms with Crippen LogP contribution < -0.4 is 32.7 Å². The summed E-state index contributed by atoms with van der Waals surface area (Å²) in [6.45, 7) is 6.06. The van der Waals surface area contributed by atoms with Gasteiger partial charge in [0.2, 0.25) is 17.7 Å². The number of aliphatic carboxylic acids is 1. The summed E-state index contributed by atoms with van der Waals surface area (Å²) in [5, 5.41) is 20.3. The van der Waals surface area contributed by atoms with Gasteiger partial charge < -0.3 is 37.8 Å². The van der Waals surface area contributed by atoms with Crippen LogP contribution in [0, 0.1) is 5.92 Å². The fourth-order valence-corrected chi connectivity index (χ4v) is 3.29. The standard InChI is InChI=1S/C20H37N7O5/c1-4-11(2)15(19(31)32)27-18(30)14(8-6-10-24-20(21)22)26-16(28)12(3)25-17(29)13-7-5-9-23-13/h11-15,23H,4-10H2,1-3H3,(H,25,29)(H,26,28)(H,27,30)(H,31,32)(H4,21,22,24). The number of nitrogens with zero attached hydrogens (tertiary/aromatic N) is 1. The zero-order valence-corrected chi connectivity index (χ0v) is 19.0. The molecule has 182 valence electrons. The van der Waals surface area contributed by atoms with E-state index in [1.807, 2.05) is 6.92 Å². The topological polar surface area (TPSA) is 201 Å². The smallest absolute Gasteiger partial charge is 0.326 e. The van der Waals surface area contributed by atoms with Crippen LogP contribution in [0.2, 0.25) is 0 Å². The zero-order chi connectivity index (χ0) is 24.3. The molecule has 0 saturated carbocycles. The van der Waals surface area contributed by atoms with Crippen LogP contribution in [0.25, 0.3) is 0 Å². The molecule has 0 aromatic carbocycles. The van der Waals surface area contributed by atoms with Crippen LogP contribution in [0.15, 0.2) is 4.99 Å². The first-order valence-corrected chi connectivity index (χ1v) is 11.0. The van der Waals surface area contributed by atoms with Gasteiger partial charge in [-0.1, -0.05) is 20.3 Å². The van der Waals surface area contributed by atoms with Crippen LogP contribution in [-0.4, -0.2) is 72.0 Å². The van der Waals surface area contributed by atoms with Crippen molar-refractivity contribution in [2.24, 2.45) is 22.4 Å². The van der Waals surface area contributed by atoms with Gasteiger partial charge in [-0.2, -0.15) is 0 Å². The van der Waals surface area contributed by atoms with E-state index in [0.717, 1.165) is 13.0 Å². The molecule has 1 aliphatic heterocycles. The quantitative estimate of drug-likeness (QED) is 0.0976. The highest BCUT2D eigenvalue weighted by Gasteiger charge is 2.31. The van der Waals surface area contributed by atoms with Crippen molar-refractivity contribution >= 4 is 29.7 Å². The summed E-state index contributed by atoms with van der Waals surface area (Å²) in [4.78, 5) is 53.1. The molecule has 1 fully saturated rings. The van der Waals surface area contributed by atoms with E-state index in [-0.39, 0.29) is 36.8 Å². The first-order chi connectivity index (χ1) is 15.1. The van der Waals surface area contributed by atoms with Crippen molar-refractivity contribution < 1.29 is 24.3 Å². The molecule has 1 aliphatic rings. The Balaban J connectivity index is 2.80. The summed E-state index contributed by atoms with van der Waals surface area (Å²) in [5.74, 6) is -2.98. The molecule has 12 heteroatoms. The maximum atomic E-state index is 12.8. The molecule has 1 heterocycles. The van der Waals surface area contributed by atoms with E-state index in [1.165, 1.54) is 6.92 Å². The van der Waals surface area contributed by atoms with Gasteiger partial charge >= 0.3 is 5.97 Å². The molecule has 0 aromatic rings. The molecule has 3 amide bonds. The molecule has 12 nitrogen and oxygen atoms in total. The molecular weight excluding hydrogens is 418 g/mol.